The third-order valence-corrected chi connectivity index (χ3v) is 2.97. The largest absolute Gasteiger partial charge is 0.364 e. The molecule has 0 aliphatic carbocycles. The molecule has 0 N–H and O–H groups in total. The molecular weight excluding hydrogens is 244 g/mol. The number of carbonyl (C=O) groups is 1. The lowest BCUT2D eigenvalue weighted by molar-refractivity contribution is 0.0731. The first-order valence-electron chi connectivity index (χ1n) is 5.98. The minimum atomic E-state index is -0.179. The Labute approximate surface area is 111 Å². The van der Waals surface area contributed by atoms with Crippen LogP contribution in [0.25, 0.3) is 0 Å². The highest BCUT2D eigenvalue weighted by Crippen LogP contribution is 2.18. The van der Waals surface area contributed by atoms with E-state index in [4.69, 9.17) is 4.52 Å². The summed E-state index contributed by atoms with van der Waals surface area (Å²) < 4.78 is 4.80. The van der Waals surface area contributed by atoms with E-state index in [1.807, 2.05) is 13.8 Å². The summed E-state index contributed by atoms with van der Waals surface area (Å²) in [5.41, 5.74) is 1.87. The minimum Gasteiger partial charge on any atom is -0.364 e. The van der Waals surface area contributed by atoms with Gasteiger partial charge in [-0.25, -0.2) is 9.97 Å². The van der Waals surface area contributed by atoms with Crippen molar-refractivity contribution in [3.8, 4) is 0 Å². The van der Waals surface area contributed by atoms with E-state index in [0.717, 1.165) is 5.69 Å². The third kappa shape index (κ3) is 2.78. The maximum Gasteiger partial charge on any atom is 0.272 e. The molecule has 2 aromatic heterocycles. The molecule has 0 aliphatic heterocycles. The van der Waals surface area contributed by atoms with Gasteiger partial charge in [-0.15, -0.1) is 0 Å². The Kier molecular flexibility index (Phi) is 3.59. The second-order valence-corrected chi connectivity index (χ2v) is 4.46. The van der Waals surface area contributed by atoms with E-state index in [9.17, 15) is 4.79 Å². The monoisotopic (exact) mass is 260 g/mol. The SMILES string of the molecule is Cc1cc(C(=O)N(C)[C@H](C)c2ccon2)nc(C)n1. The lowest BCUT2D eigenvalue weighted by Gasteiger charge is -2.22. The van der Waals surface area contributed by atoms with Gasteiger partial charge in [0.1, 0.15) is 23.5 Å². The van der Waals surface area contributed by atoms with Crippen molar-refractivity contribution in [2.45, 2.75) is 26.8 Å². The van der Waals surface area contributed by atoms with Gasteiger partial charge in [0.05, 0.1) is 6.04 Å². The van der Waals surface area contributed by atoms with Gasteiger partial charge in [-0.1, -0.05) is 5.16 Å². The van der Waals surface area contributed by atoms with E-state index in [2.05, 4.69) is 15.1 Å². The van der Waals surface area contributed by atoms with Crippen molar-refractivity contribution in [2.24, 2.45) is 0 Å². The highest BCUT2D eigenvalue weighted by molar-refractivity contribution is 5.92. The van der Waals surface area contributed by atoms with Gasteiger partial charge in [-0.2, -0.15) is 0 Å². The quantitative estimate of drug-likeness (QED) is 0.843. The Morgan fingerprint density at radius 3 is 2.68 bits per heavy atom. The number of hydrogen-bond donors (Lipinski definition) is 0. The van der Waals surface area contributed by atoms with Crippen LogP contribution in [0.4, 0.5) is 0 Å². The molecule has 0 aliphatic rings. The molecule has 100 valence electrons. The van der Waals surface area contributed by atoms with Crippen LogP contribution < -0.4 is 0 Å². The summed E-state index contributed by atoms with van der Waals surface area (Å²) in [5.74, 6) is 0.426. The molecule has 19 heavy (non-hydrogen) atoms. The van der Waals surface area contributed by atoms with Gasteiger partial charge >= 0.3 is 0 Å². The molecule has 2 heterocycles. The molecule has 0 saturated heterocycles. The third-order valence-electron chi connectivity index (χ3n) is 2.97. The van der Waals surface area contributed by atoms with Crippen molar-refractivity contribution in [3.63, 3.8) is 0 Å². The van der Waals surface area contributed by atoms with Crippen LogP contribution in [0.15, 0.2) is 22.9 Å². The molecule has 0 spiro atoms. The van der Waals surface area contributed by atoms with Crippen molar-refractivity contribution in [2.75, 3.05) is 7.05 Å². The molecule has 0 unspecified atom stereocenters. The smallest absolute Gasteiger partial charge is 0.272 e. The lowest BCUT2D eigenvalue weighted by atomic mass is 10.2. The van der Waals surface area contributed by atoms with Crippen LogP contribution in [0.3, 0.4) is 0 Å². The second-order valence-electron chi connectivity index (χ2n) is 4.46. The van der Waals surface area contributed by atoms with Gasteiger partial charge in [0, 0.05) is 18.8 Å². The molecule has 6 heteroatoms. The summed E-state index contributed by atoms with van der Waals surface area (Å²) >= 11 is 0. The first-order chi connectivity index (χ1) is 8.99. The Morgan fingerprint density at radius 1 is 1.37 bits per heavy atom. The van der Waals surface area contributed by atoms with Gasteiger partial charge < -0.3 is 9.42 Å². The Bertz CT molecular complexity index is 560. The fraction of sp³-hybridized carbons (Fsp3) is 0.385. The molecule has 6 nitrogen and oxygen atoms in total. The predicted molar refractivity (Wildman–Crippen MR) is 68.5 cm³/mol. The molecule has 2 aromatic rings. The van der Waals surface area contributed by atoms with Gasteiger partial charge in [0.15, 0.2) is 0 Å². The van der Waals surface area contributed by atoms with Crippen molar-refractivity contribution in [1.82, 2.24) is 20.0 Å². The van der Waals surface area contributed by atoms with Crippen molar-refractivity contribution >= 4 is 5.91 Å². The predicted octanol–water partition coefficient (Wildman–Crippen LogP) is 1.91. The number of aryl methyl sites for hydroxylation is 2. The summed E-state index contributed by atoms with van der Waals surface area (Å²) in [4.78, 5) is 22.3. The maximum absolute atomic E-state index is 12.4. The molecule has 2 rings (SSSR count). The van der Waals surface area contributed by atoms with Crippen LogP contribution in [0.5, 0.6) is 0 Å². The maximum atomic E-state index is 12.4. The first kappa shape index (κ1) is 13.2. The zero-order valence-electron chi connectivity index (χ0n) is 11.4. The zero-order valence-corrected chi connectivity index (χ0v) is 11.4. The number of amides is 1. The van der Waals surface area contributed by atoms with Crippen LogP contribution in [-0.4, -0.2) is 33.0 Å². The lowest BCUT2D eigenvalue weighted by Crippen LogP contribution is -2.30. The van der Waals surface area contributed by atoms with Crippen molar-refractivity contribution < 1.29 is 9.32 Å². The molecule has 1 amide bonds. The average molecular weight is 260 g/mol. The van der Waals surface area contributed by atoms with Crippen molar-refractivity contribution in [3.05, 3.63) is 41.3 Å². The number of hydrogen-bond acceptors (Lipinski definition) is 5. The van der Waals surface area contributed by atoms with E-state index < -0.39 is 0 Å². The number of carbonyl (C=O) groups excluding carboxylic acids is 1. The van der Waals surface area contributed by atoms with Crippen LogP contribution in [0.1, 0.15) is 40.7 Å². The summed E-state index contributed by atoms with van der Waals surface area (Å²) in [6.07, 6.45) is 1.49. The Balaban J connectivity index is 2.23. The summed E-state index contributed by atoms with van der Waals surface area (Å²) in [6.45, 7) is 5.49. The Morgan fingerprint density at radius 2 is 2.11 bits per heavy atom. The van der Waals surface area contributed by atoms with Gasteiger partial charge in [-0.3, -0.25) is 4.79 Å². The number of rotatable bonds is 3. The second kappa shape index (κ2) is 5.17. The highest BCUT2D eigenvalue weighted by atomic mass is 16.5. The summed E-state index contributed by atoms with van der Waals surface area (Å²) in [7, 11) is 1.72. The molecular formula is C13H16N4O2. The van der Waals surface area contributed by atoms with E-state index in [0.29, 0.717) is 17.2 Å². The standard InChI is InChI=1S/C13H16N4O2/c1-8-7-12(15-10(3)14-8)13(18)17(4)9(2)11-5-6-19-16-11/h5-7,9H,1-4H3/t9-/m1/s1. The first-order valence-corrected chi connectivity index (χ1v) is 5.98. The summed E-state index contributed by atoms with van der Waals surface area (Å²) in [5, 5.41) is 3.85. The molecule has 0 fully saturated rings. The van der Waals surface area contributed by atoms with Crippen LogP contribution in [0.2, 0.25) is 0 Å². The molecule has 0 saturated carbocycles. The molecule has 0 bridgehead atoms. The topological polar surface area (TPSA) is 72.1 Å². The zero-order chi connectivity index (χ0) is 14.0. The number of nitrogens with zero attached hydrogens (tertiary/aromatic N) is 4. The fourth-order valence-corrected chi connectivity index (χ4v) is 1.82. The van der Waals surface area contributed by atoms with E-state index >= 15 is 0 Å². The van der Waals surface area contributed by atoms with E-state index in [-0.39, 0.29) is 11.9 Å². The van der Waals surface area contributed by atoms with Crippen molar-refractivity contribution in [1.29, 1.82) is 0 Å². The number of aromatic nitrogens is 3. The fourth-order valence-electron chi connectivity index (χ4n) is 1.82. The van der Waals surface area contributed by atoms with E-state index in [1.165, 1.54) is 6.26 Å². The minimum absolute atomic E-state index is 0.163. The van der Waals surface area contributed by atoms with E-state index in [1.54, 1.807) is 31.0 Å². The normalized spacial score (nSPS) is 12.2. The van der Waals surface area contributed by atoms with Crippen LogP contribution in [-0.2, 0) is 0 Å². The van der Waals surface area contributed by atoms with Gasteiger partial charge in [0.2, 0.25) is 0 Å². The highest BCUT2D eigenvalue weighted by Gasteiger charge is 2.22. The van der Waals surface area contributed by atoms with Crippen LogP contribution >= 0.6 is 0 Å². The summed E-state index contributed by atoms with van der Waals surface area (Å²) in [6, 6.07) is 3.24. The molecule has 0 aromatic carbocycles. The van der Waals surface area contributed by atoms with Crippen LogP contribution in [0, 0.1) is 13.8 Å². The Hall–Kier alpha value is -2.24. The average Bonchev–Trinajstić information content (AvgIpc) is 2.88. The molecule has 0 radical (unpaired) electrons. The van der Waals surface area contributed by atoms with Gasteiger partial charge in [-0.05, 0) is 26.8 Å². The van der Waals surface area contributed by atoms with Gasteiger partial charge in [0.25, 0.3) is 5.91 Å². The molecule has 1 atom stereocenters.